The normalized spacial score (nSPS) is 21.3. The van der Waals surface area contributed by atoms with Crippen molar-refractivity contribution in [2.24, 2.45) is 5.73 Å². The van der Waals surface area contributed by atoms with E-state index < -0.39 is 0 Å². The highest BCUT2D eigenvalue weighted by Gasteiger charge is 2.34. The van der Waals surface area contributed by atoms with Crippen molar-refractivity contribution in [1.29, 1.82) is 0 Å². The zero-order valence-corrected chi connectivity index (χ0v) is 12.0. The second-order valence-corrected chi connectivity index (χ2v) is 6.06. The molecule has 2 unspecified atom stereocenters. The summed E-state index contributed by atoms with van der Waals surface area (Å²) in [6.07, 6.45) is 4.78. The summed E-state index contributed by atoms with van der Waals surface area (Å²) in [5, 5.41) is 13.2. The molecule has 7 nitrogen and oxygen atoms in total. The summed E-state index contributed by atoms with van der Waals surface area (Å²) in [5.41, 5.74) is 6.05. The van der Waals surface area contributed by atoms with Gasteiger partial charge in [0.05, 0.1) is 0 Å². The van der Waals surface area contributed by atoms with E-state index in [-0.39, 0.29) is 22.8 Å². The van der Waals surface area contributed by atoms with E-state index in [1.165, 1.54) is 11.3 Å². The first-order valence-corrected chi connectivity index (χ1v) is 7.59. The van der Waals surface area contributed by atoms with Gasteiger partial charge in [-0.2, -0.15) is 9.38 Å². The number of hydrogen-bond acceptors (Lipinski definition) is 6. The van der Waals surface area contributed by atoms with Crippen molar-refractivity contribution in [3.05, 3.63) is 21.7 Å². The quantitative estimate of drug-likeness (QED) is 0.691. The summed E-state index contributed by atoms with van der Waals surface area (Å²) >= 11 is 1.40. The number of nitrogens with zero attached hydrogens (tertiary/aromatic N) is 4. The average molecular weight is 295 g/mol. The van der Waals surface area contributed by atoms with Crippen molar-refractivity contribution in [3.63, 3.8) is 0 Å². The minimum absolute atomic E-state index is 0.0327. The van der Waals surface area contributed by atoms with Crippen LogP contribution in [0.25, 0.3) is 4.96 Å². The first-order chi connectivity index (χ1) is 9.59. The molecule has 108 valence electrons. The maximum atomic E-state index is 11.4. The number of rotatable bonds is 3. The lowest BCUT2D eigenvalue weighted by Crippen LogP contribution is -2.49. The molecular weight excluding hydrogens is 278 g/mol. The highest BCUT2D eigenvalue weighted by atomic mass is 32.1. The standard InChI is InChI=1S/C12H17N5O2S/c1-8(13)9-4-2-3-5-15(9)10-11(17(18)19)16-6-7-20-12(16)14-10/h6-9H,2-5,13H2,1H3. The molecule has 0 radical (unpaired) electrons. The van der Waals surface area contributed by atoms with Crippen LogP contribution in [0.1, 0.15) is 26.2 Å². The first kappa shape index (κ1) is 13.3. The van der Waals surface area contributed by atoms with Gasteiger partial charge in [0, 0.05) is 24.0 Å². The number of hydrogen-bond donors (Lipinski definition) is 1. The molecule has 3 rings (SSSR count). The van der Waals surface area contributed by atoms with E-state index >= 15 is 0 Å². The number of anilines is 1. The summed E-state index contributed by atoms with van der Waals surface area (Å²) in [4.78, 5) is 18.2. The summed E-state index contributed by atoms with van der Waals surface area (Å²) in [6.45, 7) is 2.73. The topological polar surface area (TPSA) is 89.7 Å². The van der Waals surface area contributed by atoms with Gasteiger partial charge in [-0.25, -0.2) is 0 Å². The Morgan fingerprint density at radius 2 is 2.40 bits per heavy atom. The third-order valence-electron chi connectivity index (χ3n) is 3.82. The van der Waals surface area contributed by atoms with Crippen LogP contribution in [0.5, 0.6) is 0 Å². The molecule has 8 heteroatoms. The van der Waals surface area contributed by atoms with Crippen LogP contribution in [-0.2, 0) is 0 Å². The molecule has 0 spiro atoms. The van der Waals surface area contributed by atoms with Crippen molar-refractivity contribution in [2.75, 3.05) is 11.4 Å². The molecule has 0 aromatic carbocycles. The van der Waals surface area contributed by atoms with Gasteiger partial charge in [-0.3, -0.25) is 0 Å². The van der Waals surface area contributed by atoms with E-state index in [2.05, 4.69) is 4.98 Å². The third kappa shape index (κ3) is 2.04. The molecule has 1 aliphatic rings. The monoisotopic (exact) mass is 295 g/mol. The molecule has 0 aliphatic carbocycles. The summed E-state index contributed by atoms with van der Waals surface area (Å²) in [5.74, 6) is 0.512. The number of aromatic nitrogens is 2. The van der Waals surface area contributed by atoms with Gasteiger partial charge in [0.1, 0.15) is 6.20 Å². The van der Waals surface area contributed by atoms with E-state index in [0.29, 0.717) is 10.8 Å². The minimum Gasteiger partial charge on any atom is -0.358 e. The predicted octanol–water partition coefficient (Wildman–Crippen LogP) is 2.01. The van der Waals surface area contributed by atoms with Crippen LogP contribution in [-0.4, -0.2) is 32.9 Å². The number of piperidine rings is 1. The molecule has 0 amide bonds. The molecule has 20 heavy (non-hydrogen) atoms. The third-order valence-corrected chi connectivity index (χ3v) is 4.58. The second kappa shape index (κ2) is 5.02. The lowest BCUT2D eigenvalue weighted by molar-refractivity contribution is -0.389. The van der Waals surface area contributed by atoms with Gasteiger partial charge in [-0.1, -0.05) is 11.3 Å². The number of fused-ring (bicyclic) bond motifs is 1. The maximum absolute atomic E-state index is 11.4. The van der Waals surface area contributed by atoms with Crippen LogP contribution < -0.4 is 10.6 Å². The highest BCUT2D eigenvalue weighted by molar-refractivity contribution is 7.15. The predicted molar refractivity (Wildman–Crippen MR) is 78.4 cm³/mol. The van der Waals surface area contributed by atoms with Gasteiger partial charge in [0.2, 0.25) is 5.82 Å². The second-order valence-electron chi connectivity index (χ2n) is 5.19. The number of thiazole rings is 1. The first-order valence-electron chi connectivity index (χ1n) is 6.71. The summed E-state index contributed by atoms with van der Waals surface area (Å²) in [6, 6.07) is 0.0849. The number of imidazole rings is 1. The van der Waals surface area contributed by atoms with E-state index in [1.54, 1.807) is 16.0 Å². The molecule has 2 aromatic heterocycles. The molecule has 2 atom stereocenters. The molecular formula is C12H17N5O2S. The summed E-state index contributed by atoms with van der Waals surface area (Å²) < 4.78 is 1.55. The van der Waals surface area contributed by atoms with E-state index in [1.807, 2.05) is 11.8 Å². The fourth-order valence-corrected chi connectivity index (χ4v) is 3.60. The molecule has 0 saturated carbocycles. The van der Waals surface area contributed by atoms with Crippen LogP contribution in [0.3, 0.4) is 0 Å². The van der Waals surface area contributed by atoms with E-state index in [0.717, 1.165) is 25.8 Å². The molecule has 3 heterocycles. The zero-order chi connectivity index (χ0) is 14.3. The van der Waals surface area contributed by atoms with Gasteiger partial charge in [0.25, 0.3) is 4.96 Å². The van der Waals surface area contributed by atoms with Crippen molar-refractivity contribution in [2.45, 2.75) is 38.3 Å². The average Bonchev–Trinajstić information content (AvgIpc) is 2.97. The molecule has 0 bridgehead atoms. The van der Waals surface area contributed by atoms with Crippen LogP contribution >= 0.6 is 11.3 Å². The Morgan fingerprint density at radius 1 is 1.60 bits per heavy atom. The van der Waals surface area contributed by atoms with E-state index in [4.69, 9.17) is 5.73 Å². The Kier molecular flexibility index (Phi) is 3.35. The Balaban J connectivity index is 2.09. The van der Waals surface area contributed by atoms with Gasteiger partial charge in [0.15, 0.2) is 0 Å². The smallest absolute Gasteiger partial charge is 0.358 e. The maximum Gasteiger partial charge on any atom is 0.373 e. The molecule has 1 saturated heterocycles. The Hall–Kier alpha value is -1.67. The Labute approximate surface area is 120 Å². The van der Waals surface area contributed by atoms with Crippen molar-refractivity contribution in [1.82, 2.24) is 9.38 Å². The van der Waals surface area contributed by atoms with E-state index in [9.17, 15) is 10.1 Å². The van der Waals surface area contributed by atoms with Crippen LogP contribution in [0.15, 0.2) is 11.6 Å². The zero-order valence-electron chi connectivity index (χ0n) is 11.2. The van der Waals surface area contributed by atoms with Crippen LogP contribution in [0, 0.1) is 10.1 Å². The molecule has 1 aliphatic heterocycles. The minimum atomic E-state index is -0.352. The van der Waals surface area contributed by atoms with Crippen LogP contribution in [0.4, 0.5) is 11.6 Å². The van der Waals surface area contributed by atoms with Crippen molar-refractivity contribution in [3.8, 4) is 0 Å². The molecule has 1 fully saturated rings. The SMILES string of the molecule is CC(N)C1CCCCN1c1nc2sccn2c1[N+](=O)[O-]. The Morgan fingerprint density at radius 3 is 3.10 bits per heavy atom. The fraction of sp³-hybridized carbons (Fsp3) is 0.583. The van der Waals surface area contributed by atoms with Gasteiger partial charge in [-0.15, -0.1) is 0 Å². The largest absolute Gasteiger partial charge is 0.373 e. The van der Waals surface area contributed by atoms with Crippen molar-refractivity contribution < 1.29 is 4.92 Å². The van der Waals surface area contributed by atoms with Gasteiger partial charge < -0.3 is 20.7 Å². The van der Waals surface area contributed by atoms with Crippen LogP contribution in [0.2, 0.25) is 0 Å². The lowest BCUT2D eigenvalue weighted by atomic mass is 9.97. The number of nitro groups is 1. The summed E-state index contributed by atoms with van der Waals surface area (Å²) in [7, 11) is 0. The van der Waals surface area contributed by atoms with Gasteiger partial charge in [-0.05, 0) is 31.1 Å². The molecule has 2 N–H and O–H groups in total. The lowest BCUT2D eigenvalue weighted by Gasteiger charge is -2.37. The van der Waals surface area contributed by atoms with Gasteiger partial charge >= 0.3 is 5.82 Å². The number of nitrogens with two attached hydrogens (primary N) is 1. The van der Waals surface area contributed by atoms with Crippen molar-refractivity contribution >= 4 is 27.9 Å². The molecule has 2 aromatic rings. The highest BCUT2D eigenvalue weighted by Crippen LogP contribution is 2.35. The fourth-order valence-electron chi connectivity index (χ4n) is 2.89. The Bertz CT molecular complexity index is 635.